The van der Waals surface area contributed by atoms with Crippen molar-refractivity contribution in [1.29, 1.82) is 0 Å². The normalized spacial score (nSPS) is 21.6. The van der Waals surface area contributed by atoms with Gasteiger partial charge >= 0.3 is 5.97 Å². The molecule has 0 aromatic heterocycles. The molecule has 1 N–H and O–H groups in total. The molecule has 1 aliphatic heterocycles. The first kappa shape index (κ1) is 14.8. The van der Waals surface area contributed by atoms with Crippen LogP contribution in [0.1, 0.15) is 17.3 Å². The van der Waals surface area contributed by atoms with Crippen LogP contribution in [0.15, 0.2) is 21.1 Å². The van der Waals surface area contributed by atoms with Crippen molar-refractivity contribution in [1.82, 2.24) is 0 Å². The van der Waals surface area contributed by atoms with Crippen LogP contribution in [-0.4, -0.2) is 31.8 Å². The minimum Gasteiger partial charge on any atom is -0.478 e. The third-order valence-electron chi connectivity index (χ3n) is 2.82. The van der Waals surface area contributed by atoms with Crippen molar-refractivity contribution in [2.45, 2.75) is 6.92 Å². The lowest BCUT2D eigenvalue weighted by atomic mass is 10.1. The van der Waals surface area contributed by atoms with E-state index in [9.17, 15) is 18.3 Å². The van der Waals surface area contributed by atoms with Crippen LogP contribution in [0.4, 0.5) is 5.69 Å². The number of rotatable bonds is 2. The van der Waals surface area contributed by atoms with Crippen LogP contribution < -0.4 is 4.31 Å². The summed E-state index contributed by atoms with van der Waals surface area (Å²) in [5.74, 6) is -1.15. The molecule has 0 radical (unpaired) electrons. The van der Waals surface area contributed by atoms with Gasteiger partial charge in [-0.3, -0.25) is 4.31 Å². The van der Waals surface area contributed by atoms with E-state index in [1.165, 1.54) is 10.4 Å². The van der Waals surface area contributed by atoms with Crippen molar-refractivity contribution in [3.8, 4) is 0 Å². The molecule has 1 aromatic carbocycles. The number of carbonyl (C=O) groups is 1. The molecule has 0 saturated carbocycles. The summed E-state index contributed by atoms with van der Waals surface area (Å²) in [6.07, 6.45) is 0. The molecule has 1 aromatic rings. The molecule has 5 nitrogen and oxygen atoms in total. The number of hydrogen-bond donors (Lipinski definition) is 1. The maximum absolute atomic E-state index is 12.1. The summed E-state index contributed by atoms with van der Waals surface area (Å²) in [4.78, 5) is 11.3. The number of aromatic carboxylic acids is 1. The Hall–Kier alpha value is -0.600. The molecule has 1 unspecified atom stereocenters. The summed E-state index contributed by atoms with van der Waals surface area (Å²) in [5, 5.41) is 9.25. The standard InChI is InChI=1S/C11H11Br2NO4S/c1-6-4-14(19(17,18)5-6)10-8(11(15)16)2-7(12)3-9(10)13/h2-3,6H,4-5H2,1H3,(H,15,16). The Morgan fingerprint density at radius 2 is 2.05 bits per heavy atom. The highest BCUT2D eigenvalue weighted by molar-refractivity contribution is 9.11. The minimum absolute atomic E-state index is 0.0257. The van der Waals surface area contributed by atoms with Crippen molar-refractivity contribution in [2.24, 2.45) is 5.92 Å². The summed E-state index contributed by atoms with van der Waals surface area (Å²) in [6.45, 7) is 2.12. The van der Waals surface area contributed by atoms with Crippen molar-refractivity contribution < 1.29 is 18.3 Å². The molecule has 1 fully saturated rings. The van der Waals surface area contributed by atoms with Gasteiger partial charge in [0.05, 0.1) is 17.0 Å². The Morgan fingerprint density at radius 3 is 2.53 bits per heavy atom. The number of carboxylic acid groups (broad SMARTS) is 1. The van der Waals surface area contributed by atoms with E-state index >= 15 is 0 Å². The first-order valence-electron chi connectivity index (χ1n) is 5.45. The molecule has 19 heavy (non-hydrogen) atoms. The Kier molecular flexibility index (Phi) is 3.95. The monoisotopic (exact) mass is 411 g/mol. The predicted octanol–water partition coefficient (Wildman–Crippen LogP) is 2.70. The van der Waals surface area contributed by atoms with Gasteiger partial charge in [0.2, 0.25) is 10.0 Å². The smallest absolute Gasteiger partial charge is 0.337 e. The van der Waals surface area contributed by atoms with Gasteiger partial charge in [0.25, 0.3) is 0 Å². The summed E-state index contributed by atoms with van der Waals surface area (Å²) in [5.41, 5.74) is 0.152. The van der Waals surface area contributed by atoms with Crippen LogP contribution in [0.3, 0.4) is 0 Å². The van der Waals surface area contributed by atoms with Crippen LogP contribution in [0, 0.1) is 5.92 Å². The number of anilines is 1. The van der Waals surface area contributed by atoms with Crippen LogP contribution in [0.25, 0.3) is 0 Å². The number of benzene rings is 1. The van der Waals surface area contributed by atoms with E-state index in [0.717, 1.165) is 0 Å². The first-order chi connectivity index (χ1) is 8.72. The van der Waals surface area contributed by atoms with Crippen molar-refractivity contribution in [3.63, 3.8) is 0 Å². The molecule has 0 spiro atoms. The highest BCUT2D eigenvalue weighted by atomic mass is 79.9. The van der Waals surface area contributed by atoms with Crippen LogP contribution >= 0.6 is 31.9 Å². The Labute approximate surface area is 127 Å². The molecular formula is C11H11Br2NO4S. The molecule has 8 heteroatoms. The van der Waals surface area contributed by atoms with Gasteiger partial charge in [0.15, 0.2) is 0 Å². The fourth-order valence-electron chi connectivity index (χ4n) is 2.11. The fourth-order valence-corrected chi connectivity index (χ4v) is 5.63. The van der Waals surface area contributed by atoms with Gasteiger partial charge in [-0.05, 0) is 34.0 Å². The lowest BCUT2D eigenvalue weighted by Gasteiger charge is -2.21. The molecule has 0 aliphatic carbocycles. The number of carboxylic acids is 1. The summed E-state index contributed by atoms with van der Waals surface area (Å²) in [7, 11) is -3.46. The van der Waals surface area contributed by atoms with Gasteiger partial charge in [0.1, 0.15) is 0 Å². The third-order valence-corrected chi connectivity index (χ3v) is 5.87. The zero-order valence-corrected chi connectivity index (χ0v) is 13.9. The number of sulfonamides is 1. The largest absolute Gasteiger partial charge is 0.478 e. The van der Waals surface area contributed by atoms with Gasteiger partial charge in [-0.1, -0.05) is 22.9 Å². The van der Waals surface area contributed by atoms with Crippen LogP contribution in [0.2, 0.25) is 0 Å². The quantitative estimate of drug-likeness (QED) is 0.810. The molecule has 1 atom stereocenters. The predicted molar refractivity (Wildman–Crippen MR) is 79.1 cm³/mol. The van der Waals surface area contributed by atoms with Gasteiger partial charge < -0.3 is 5.11 Å². The van der Waals surface area contributed by atoms with Gasteiger partial charge in [0, 0.05) is 15.5 Å². The molecule has 1 heterocycles. The highest BCUT2D eigenvalue weighted by Crippen LogP contribution is 2.38. The molecule has 1 aliphatic rings. The Balaban J connectivity index is 2.66. The molecule has 0 bridgehead atoms. The minimum atomic E-state index is -3.46. The first-order valence-corrected chi connectivity index (χ1v) is 8.64. The Morgan fingerprint density at radius 1 is 1.42 bits per heavy atom. The van der Waals surface area contributed by atoms with Gasteiger partial charge in [-0.15, -0.1) is 0 Å². The molecule has 1 saturated heterocycles. The SMILES string of the molecule is CC1CN(c2c(Br)cc(Br)cc2C(=O)O)S(=O)(=O)C1. The lowest BCUT2D eigenvalue weighted by Crippen LogP contribution is -2.27. The molecule has 2 rings (SSSR count). The van der Waals surface area contributed by atoms with E-state index in [2.05, 4.69) is 31.9 Å². The number of hydrogen-bond acceptors (Lipinski definition) is 3. The maximum atomic E-state index is 12.1. The van der Waals surface area contributed by atoms with E-state index in [1.54, 1.807) is 6.07 Å². The second-order valence-electron chi connectivity index (χ2n) is 4.50. The zero-order valence-electron chi connectivity index (χ0n) is 9.93. The van der Waals surface area contributed by atoms with Crippen molar-refractivity contribution in [3.05, 3.63) is 26.6 Å². The molecular weight excluding hydrogens is 402 g/mol. The maximum Gasteiger partial charge on any atom is 0.337 e. The van der Waals surface area contributed by atoms with E-state index < -0.39 is 16.0 Å². The summed E-state index contributed by atoms with van der Waals surface area (Å²) >= 11 is 6.45. The van der Waals surface area contributed by atoms with Gasteiger partial charge in [-0.2, -0.15) is 0 Å². The van der Waals surface area contributed by atoms with E-state index in [4.69, 9.17) is 0 Å². The number of nitrogens with zero attached hydrogens (tertiary/aromatic N) is 1. The van der Waals surface area contributed by atoms with E-state index in [0.29, 0.717) is 15.5 Å². The fraction of sp³-hybridized carbons (Fsp3) is 0.364. The molecule has 104 valence electrons. The second-order valence-corrected chi connectivity index (χ2v) is 8.21. The topological polar surface area (TPSA) is 74.7 Å². The Bertz CT molecular complexity index is 644. The summed E-state index contributed by atoms with van der Waals surface area (Å²) in [6, 6.07) is 3.04. The molecule has 0 amide bonds. The average Bonchev–Trinajstić information content (AvgIpc) is 2.50. The van der Waals surface area contributed by atoms with Crippen LogP contribution in [0.5, 0.6) is 0 Å². The highest BCUT2D eigenvalue weighted by Gasteiger charge is 2.37. The van der Waals surface area contributed by atoms with E-state index in [1.807, 2.05) is 6.92 Å². The average molecular weight is 413 g/mol. The third kappa shape index (κ3) is 2.80. The zero-order chi connectivity index (χ0) is 14.4. The van der Waals surface area contributed by atoms with E-state index in [-0.39, 0.29) is 22.9 Å². The van der Waals surface area contributed by atoms with Crippen molar-refractivity contribution >= 4 is 53.5 Å². The van der Waals surface area contributed by atoms with Crippen LogP contribution in [-0.2, 0) is 10.0 Å². The van der Waals surface area contributed by atoms with Crippen molar-refractivity contribution in [2.75, 3.05) is 16.6 Å². The van der Waals surface area contributed by atoms with Gasteiger partial charge in [-0.25, -0.2) is 13.2 Å². The lowest BCUT2D eigenvalue weighted by molar-refractivity contribution is 0.0697. The number of halogens is 2. The second kappa shape index (κ2) is 5.06. The summed E-state index contributed by atoms with van der Waals surface area (Å²) < 4.78 is 26.4.